The van der Waals surface area contributed by atoms with Gasteiger partial charge in [0, 0.05) is 39.6 Å². The molecule has 8 nitrogen and oxygen atoms in total. The monoisotopic (exact) mass is 462 g/mol. The van der Waals surface area contributed by atoms with Gasteiger partial charge in [-0.2, -0.15) is 0 Å². The molecule has 1 N–H and O–H groups in total. The van der Waals surface area contributed by atoms with Crippen LogP contribution in [-0.2, 0) is 14.3 Å². The number of hydrogen-bond acceptors (Lipinski definition) is 8. The summed E-state index contributed by atoms with van der Waals surface area (Å²) in [4.78, 5) is 32.8. The normalized spacial score (nSPS) is 15.5. The van der Waals surface area contributed by atoms with Gasteiger partial charge >= 0.3 is 0 Å². The van der Waals surface area contributed by atoms with Crippen molar-refractivity contribution in [3.8, 4) is 0 Å². The van der Waals surface area contributed by atoms with Crippen LogP contribution in [0.4, 0.5) is 5.82 Å². The van der Waals surface area contributed by atoms with E-state index in [0.717, 1.165) is 5.56 Å². The van der Waals surface area contributed by atoms with Crippen LogP contribution in [0.1, 0.15) is 24.5 Å². The third-order valence-electron chi connectivity index (χ3n) is 4.71. The number of hydrogen-bond donors (Lipinski definition) is 1. The van der Waals surface area contributed by atoms with Gasteiger partial charge in [0.2, 0.25) is 0 Å². The molecule has 1 amide bonds. The summed E-state index contributed by atoms with van der Waals surface area (Å²) in [7, 11) is 1.60. The predicted molar refractivity (Wildman–Crippen MR) is 128 cm³/mol. The highest BCUT2D eigenvalue weighted by Gasteiger charge is 2.32. The van der Waals surface area contributed by atoms with Crippen molar-refractivity contribution in [2.24, 2.45) is 0 Å². The molecular weight excluding hydrogens is 436 g/mol. The molecule has 1 aliphatic rings. The molecule has 0 unspecified atom stereocenters. The van der Waals surface area contributed by atoms with Gasteiger partial charge in [-0.05, 0) is 38.0 Å². The van der Waals surface area contributed by atoms with Crippen molar-refractivity contribution in [3.63, 3.8) is 0 Å². The molecule has 31 heavy (non-hydrogen) atoms. The van der Waals surface area contributed by atoms with Crippen LogP contribution in [-0.4, -0.2) is 64.5 Å². The quantitative estimate of drug-likeness (QED) is 0.328. The second-order valence-corrected chi connectivity index (χ2v) is 8.54. The van der Waals surface area contributed by atoms with Gasteiger partial charge in [-0.25, -0.2) is 4.98 Å². The number of fused-ring (bicyclic) bond motifs is 1. The number of thiocarbonyl (C=S) groups is 1. The summed E-state index contributed by atoms with van der Waals surface area (Å²) in [5, 5.41) is 3.16. The number of anilines is 1. The van der Waals surface area contributed by atoms with Crippen molar-refractivity contribution in [2.45, 2.75) is 20.3 Å². The summed E-state index contributed by atoms with van der Waals surface area (Å²) in [5.41, 5.74) is 1.50. The number of methoxy groups -OCH3 is 1. The maximum atomic E-state index is 13.3. The fourth-order valence-corrected chi connectivity index (χ4v) is 4.43. The lowest BCUT2D eigenvalue weighted by Crippen LogP contribution is -2.29. The van der Waals surface area contributed by atoms with Gasteiger partial charge in [-0.15, -0.1) is 0 Å². The third kappa shape index (κ3) is 5.32. The van der Waals surface area contributed by atoms with E-state index in [1.54, 1.807) is 30.3 Å². The Morgan fingerprint density at radius 1 is 1.32 bits per heavy atom. The molecule has 0 aromatic carbocycles. The van der Waals surface area contributed by atoms with Crippen molar-refractivity contribution in [3.05, 3.63) is 44.7 Å². The van der Waals surface area contributed by atoms with Gasteiger partial charge in [-0.3, -0.25) is 18.9 Å². The molecule has 0 spiro atoms. The maximum absolute atomic E-state index is 13.3. The number of ether oxygens (including phenoxy) is 2. The Morgan fingerprint density at radius 2 is 2.13 bits per heavy atom. The number of aromatic nitrogens is 2. The smallest absolute Gasteiger partial charge is 0.267 e. The zero-order valence-corrected chi connectivity index (χ0v) is 19.5. The molecule has 0 radical (unpaired) electrons. The Labute approximate surface area is 190 Å². The Kier molecular flexibility index (Phi) is 8.19. The molecule has 1 fully saturated rings. The van der Waals surface area contributed by atoms with E-state index >= 15 is 0 Å². The van der Waals surface area contributed by atoms with E-state index in [0.29, 0.717) is 65.6 Å². The summed E-state index contributed by atoms with van der Waals surface area (Å²) in [5.74, 6) is 0.209. The number of carbonyl (C=O) groups excluding carboxylic acids is 1. The number of thioether (sulfide) groups is 1. The van der Waals surface area contributed by atoms with Gasteiger partial charge < -0.3 is 14.8 Å². The number of rotatable bonds is 10. The van der Waals surface area contributed by atoms with Gasteiger partial charge in [0.15, 0.2) is 0 Å². The first-order valence-corrected chi connectivity index (χ1v) is 11.3. The van der Waals surface area contributed by atoms with E-state index in [1.807, 2.05) is 19.9 Å². The molecule has 3 heterocycles. The molecule has 166 valence electrons. The highest BCUT2D eigenvalue weighted by molar-refractivity contribution is 8.26. The summed E-state index contributed by atoms with van der Waals surface area (Å²) >= 11 is 6.58. The first-order valence-electron chi connectivity index (χ1n) is 10.1. The lowest BCUT2D eigenvalue weighted by molar-refractivity contribution is -0.122. The molecule has 2 aromatic heterocycles. The highest BCUT2D eigenvalue weighted by Crippen LogP contribution is 2.33. The standard InChI is InChI=1S/C21H26N4O4S2/c1-4-29-11-6-10-25-20(27)16(31-21(25)30)13-15-17(22-8-12-28-3)23-18-14(2)7-5-9-24(18)19(15)26/h5,7,9,13,22H,4,6,8,10-12H2,1-3H3/b16-13-. The molecule has 0 aliphatic carbocycles. The third-order valence-corrected chi connectivity index (χ3v) is 6.08. The van der Waals surface area contributed by atoms with Crippen molar-refractivity contribution in [1.29, 1.82) is 0 Å². The van der Waals surface area contributed by atoms with E-state index in [4.69, 9.17) is 21.7 Å². The summed E-state index contributed by atoms with van der Waals surface area (Å²) in [6.07, 6.45) is 3.95. The number of nitrogens with zero attached hydrogens (tertiary/aromatic N) is 3. The van der Waals surface area contributed by atoms with Crippen molar-refractivity contribution in [1.82, 2.24) is 14.3 Å². The number of carbonyl (C=O) groups is 1. The fourth-order valence-electron chi connectivity index (χ4n) is 3.14. The van der Waals surface area contributed by atoms with Gasteiger partial charge in [-0.1, -0.05) is 30.0 Å². The van der Waals surface area contributed by atoms with Crippen LogP contribution in [0.25, 0.3) is 11.7 Å². The fraction of sp³-hybridized carbons (Fsp3) is 0.429. The predicted octanol–water partition coefficient (Wildman–Crippen LogP) is 2.69. The number of amides is 1. The second kappa shape index (κ2) is 10.9. The Morgan fingerprint density at radius 3 is 2.87 bits per heavy atom. The Bertz CT molecular complexity index is 1070. The van der Waals surface area contributed by atoms with Crippen LogP contribution in [0.15, 0.2) is 28.0 Å². The van der Waals surface area contributed by atoms with Crippen molar-refractivity contribution < 1.29 is 14.3 Å². The van der Waals surface area contributed by atoms with Gasteiger partial charge in [0.05, 0.1) is 17.1 Å². The average Bonchev–Trinajstić information content (AvgIpc) is 3.01. The van der Waals surface area contributed by atoms with Crippen LogP contribution in [0.2, 0.25) is 0 Å². The topological polar surface area (TPSA) is 85.2 Å². The van der Waals surface area contributed by atoms with Crippen LogP contribution in [0.5, 0.6) is 0 Å². The maximum Gasteiger partial charge on any atom is 0.267 e. The van der Waals surface area contributed by atoms with E-state index in [2.05, 4.69) is 10.3 Å². The van der Waals surface area contributed by atoms with Gasteiger partial charge in [0.25, 0.3) is 11.5 Å². The Balaban J connectivity index is 1.97. The van der Waals surface area contributed by atoms with Crippen LogP contribution in [0.3, 0.4) is 0 Å². The SMILES string of the molecule is CCOCCCN1C(=O)/C(=C/c2c(NCCOC)nc3c(C)cccn3c2=O)SC1=S. The van der Waals surface area contributed by atoms with Crippen LogP contribution < -0.4 is 10.9 Å². The second-order valence-electron chi connectivity index (χ2n) is 6.87. The number of nitrogens with one attached hydrogen (secondary N) is 1. The summed E-state index contributed by atoms with van der Waals surface area (Å²) < 4.78 is 12.4. The lowest BCUT2D eigenvalue weighted by Gasteiger charge is -2.14. The zero-order chi connectivity index (χ0) is 22.4. The molecule has 0 saturated carbocycles. The molecule has 1 aliphatic heterocycles. The molecular formula is C21H26N4O4S2. The van der Waals surface area contributed by atoms with Crippen LogP contribution >= 0.6 is 24.0 Å². The molecule has 2 aromatic rings. The van der Waals surface area contributed by atoms with Crippen molar-refractivity contribution >= 4 is 51.7 Å². The molecule has 3 rings (SSSR count). The minimum Gasteiger partial charge on any atom is -0.383 e. The van der Waals surface area contributed by atoms with E-state index < -0.39 is 0 Å². The minimum absolute atomic E-state index is 0.205. The van der Waals surface area contributed by atoms with E-state index in [1.165, 1.54) is 16.2 Å². The highest BCUT2D eigenvalue weighted by atomic mass is 32.2. The summed E-state index contributed by atoms with van der Waals surface area (Å²) in [6.45, 7) is 6.44. The lowest BCUT2D eigenvalue weighted by atomic mass is 10.2. The van der Waals surface area contributed by atoms with Crippen molar-refractivity contribution in [2.75, 3.05) is 45.3 Å². The molecule has 10 heteroatoms. The average molecular weight is 463 g/mol. The Hall–Kier alpha value is -2.27. The summed E-state index contributed by atoms with van der Waals surface area (Å²) in [6, 6.07) is 3.69. The van der Waals surface area contributed by atoms with Crippen LogP contribution in [0, 0.1) is 6.92 Å². The van der Waals surface area contributed by atoms with E-state index in [-0.39, 0.29) is 11.5 Å². The minimum atomic E-state index is -0.254. The molecule has 1 saturated heterocycles. The van der Waals surface area contributed by atoms with E-state index in [9.17, 15) is 9.59 Å². The zero-order valence-electron chi connectivity index (χ0n) is 17.8. The first kappa shape index (κ1) is 23.4. The largest absolute Gasteiger partial charge is 0.383 e. The first-order chi connectivity index (χ1) is 15.0. The number of pyridine rings is 1. The van der Waals surface area contributed by atoms with Gasteiger partial charge in [0.1, 0.15) is 15.8 Å². The molecule has 0 atom stereocenters. The molecule has 0 bridgehead atoms. The number of aryl methyl sites for hydroxylation is 1.